The fourth-order valence-electron chi connectivity index (χ4n) is 4.40. The van der Waals surface area contributed by atoms with Crippen LogP contribution in [-0.4, -0.2) is 57.1 Å². The highest BCUT2D eigenvalue weighted by molar-refractivity contribution is 7.98. The SMILES string of the molecule is CC[C@H](C)NC(=O)[C@H](CC)N(Cc1ccc(OC)cc1)C(=O)CN(c1ccc(C)cc1)S(=O)(=O)c1ccc(SC)cc1. The van der Waals surface area contributed by atoms with Gasteiger partial charge in [-0.05, 0) is 87.0 Å². The standard InChI is InChI=1S/C32H41N3O5S2/c1-7-24(4)33-32(37)30(8-2)34(21-25-11-15-27(40-5)16-12-25)31(36)22-35(26-13-9-23(3)10-14-26)42(38,39)29-19-17-28(41-6)18-20-29/h9-20,24,30H,7-8,21-22H2,1-6H3,(H,33,37)/t24-,30-/m0/s1. The van der Waals surface area contributed by atoms with E-state index in [1.165, 1.54) is 16.7 Å². The van der Waals surface area contributed by atoms with E-state index in [4.69, 9.17) is 4.74 Å². The Labute approximate surface area is 254 Å². The van der Waals surface area contributed by atoms with Crippen molar-refractivity contribution in [1.29, 1.82) is 0 Å². The zero-order valence-corrected chi connectivity index (χ0v) is 26.8. The number of sulfonamides is 1. The lowest BCUT2D eigenvalue weighted by Crippen LogP contribution is -2.53. The summed E-state index contributed by atoms with van der Waals surface area (Å²) in [6, 6.07) is 20.0. The second kappa shape index (κ2) is 15.1. The Morgan fingerprint density at radius 2 is 1.55 bits per heavy atom. The van der Waals surface area contributed by atoms with Gasteiger partial charge in [0.2, 0.25) is 11.8 Å². The van der Waals surface area contributed by atoms with Crippen LogP contribution in [0.3, 0.4) is 0 Å². The Kier molecular flexibility index (Phi) is 11.9. The zero-order chi connectivity index (χ0) is 30.9. The number of amides is 2. The maximum atomic E-state index is 14.2. The number of thioether (sulfide) groups is 1. The van der Waals surface area contributed by atoms with Crippen LogP contribution in [0.5, 0.6) is 5.75 Å². The van der Waals surface area contributed by atoms with Crippen LogP contribution in [0.2, 0.25) is 0 Å². The summed E-state index contributed by atoms with van der Waals surface area (Å²) in [4.78, 5) is 30.1. The van der Waals surface area contributed by atoms with Crippen LogP contribution in [0.15, 0.2) is 82.6 Å². The molecule has 0 saturated heterocycles. The minimum absolute atomic E-state index is 0.0711. The normalized spacial score (nSPS) is 12.7. The average Bonchev–Trinajstić information content (AvgIpc) is 3.00. The first-order valence-electron chi connectivity index (χ1n) is 14.0. The quantitative estimate of drug-likeness (QED) is 0.237. The maximum absolute atomic E-state index is 14.2. The van der Waals surface area contributed by atoms with E-state index >= 15 is 0 Å². The monoisotopic (exact) mass is 611 g/mol. The van der Waals surface area contributed by atoms with E-state index in [0.717, 1.165) is 26.7 Å². The van der Waals surface area contributed by atoms with Gasteiger partial charge in [0.05, 0.1) is 17.7 Å². The molecule has 0 aromatic heterocycles. The Morgan fingerprint density at radius 3 is 2.07 bits per heavy atom. The van der Waals surface area contributed by atoms with E-state index in [0.29, 0.717) is 17.9 Å². The van der Waals surface area contributed by atoms with E-state index in [-0.39, 0.29) is 23.4 Å². The molecule has 1 N–H and O–H groups in total. The van der Waals surface area contributed by atoms with Gasteiger partial charge in [0.25, 0.3) is 10.0 Å². The largest absolute Gasteiger partial charge is 0.497 e. The molecule has 0 saturated carbocycles. The summed E-state index contributed by atoms with van der Waals surface area (Å²) in [6.45, 7) is 7.29. The topological polar surface area (TPSA) is 96.0 Å². The molecule has 2 atom stereocenters. The van der Waals surface area contributed by atoms with E-state index in [1.807, 2.05) is 58.2 Å². The molecule has 0 bridgehead atoms. The predicted molar refractivity (Wildman–Crippen MR) is 169 cm³/mol. The molecule has 0 radical (unpaired) electrons. The van der Waals surface area contributed by atoms with Crippen molar-refractivity contribution in [3.8, 4) is 5.75 Å². The number of anilines is 1. The third-order valence-corrected chi connectivity index (χ3v) is 9.68. The van der Waals surface area contributed by atoms with Crippen LogP contribution in [0.25, 0.3) is 0 Å². The molecular weight excluding hydrogens is 571 g/mol. The number of benzene rings is 3. The number of ether oxygens (including phenoxy) is 1. The predicted octanol–water partition coefficient (Wildman–Crippen LogP) is 5.64. The molecular formula is C32H41N3O5S2. The lowest BCUT2D eigenvalue weighted by molar-refractivity contribution is -0.140. The van der Waals surface area contributed by atoms with Crippen molar-refractivity contribution in [1.82, 2.24) is 10.2 Å². The summed E-state index contributed by atoms with van der Waals surface area (Å²) in [5.41, 5.74) is 2.11. The number of hydrogen-bond donors (Lipinski definition) is 1. The number of nitrogens with one attached hydrogen (secondary N) is 1. The molecule has 3 aromatic rings. The Balaban J connectivity index is 2.05. The third kappa shape index (κ3) is 8.29. The van der Waals surface area contributed by atoms with Crippen LogP contribution >= 0.6 is 11.8 Å². The second-order valence-corrected chi connectivity index (χ2v) is 12.9. The number of carbonyl (C=O) groups is 2. The molecule has 0 aliphatic heterocycles. The van der Waals surface area contributed by atoms with Gasteiger partial charge in [0.15, 0.2) is 0 Å². The number of hydrogen-bond acceptors (Lipinski definition) is 6. The number of nitrogens with zero attached hydrogens (tertiary/aromatic N) is 2. The molecule has 226 valence electrons. The Hall–Kier alpha value is -3.50. The first kappa shape index (κ1) is 33.0. The third-order valence-electron chi connectivity index (χ3n) is 7.15. The van der Waals surface area contributed by atoms with E-state index in [9.17, 15) is 18.0 Å². The van der Waals surface area contributed by atoms with E-state index in [1.54, 1.807) is 55.6 Å². The summed E-state index contributed by atoms with van der Waals surface area (Å²) in [6.07, 6.45) is 3.01. The number of methoxy groups -OCH3 is 1. The summed E-state index contributed by atoms with van der Waals surface area (Å²) in [5.74, 6) is -0.0877. The van der Waals surface area contributed by atoms with Crippen molar-refractivity contribution >= 4 is 39.3 Å². The Morgan fingerprint density at radius 1 is 0.929 bits per heavy atom. The van der Waals surface area contributed by atoms with Gasteiger partial charge < -0.3 is 15.0 Å². The molecule has 0 spiro atoms. The first-order chi connectivity index (χ1) is 20.0. The second-order valence-electron chi connectivity index (χ2n) is 10.1. The van der Waals surface area contributed by atoms with Crippen molar-refractivity contribution in [3.63, 3.8) is 0 Å². The molecule has 0 unspecified atom stereocenters. The lowest BCUT2D eigenvalue weighted by atomic mass is 10.1. The van der Waals surface area contributed by atoms with Crippen LogP contribution in [0.4, 0.5) is 5.69 Å². The van der Waals surface area contributed by atoms with Gasteiger partial charge in [0.1, 0.15) is 18.3 Å². The molecule has 0 heterocycles. The van der Waals surface area contributed by atoms with Crippen molar-refractivity contribution in [2.45, 2.75) is 69.0 Å². The summed E-state index contributed by atoms with van der Waals surface area (Å²) in [7, 11) is -2.54. The van der Waals surface area contributed by atoms with Gasteiger partial charge >= 0.3 is 0 Å². The van der Waals surface area contributed by atoms with E-state index in [2.05, 4.69) is 5.32 Å². The molecule has 0 fully saturated rings. The molecule has 42 heavy (non-hydrogen) atoms. The molecule has 0 aliphatic carbocycles. The van der Waals surface area contributed by atoms with Crippen molar-refractivity contribution in [2.24, 2.45) is 0 Å². The highest BCUT2D eigenvalue weighted by atomic mass is 32.2. The molecule has 3 rings (SSSR count). The highest BCUT2D eigenvalue weighted by Crippen LogP contribution is 2.27. The van der Waals surface area contributed by atoms with Gasteiger partial charge in [0, 0.05) is 17.5 Å². The van der Waals surface area contributed by atoms with Gasteiger partial charge in [-0.25, -0.2) is 8.42 Å². The van der Waals surface area contributed by atoms with Gasteiger partial charge in [-0.3, -0.25) is 13.9 Å². The van der Waals surface area contributed by atoms with Gasteiger partial charge in [-0.15, -0.1) is 11.8 Å². The van der Waals surface area contributed by atoms with Crippen LogP contribution in [0.1, 0.15) is 44.7 Å². The molecule has 10 heteroatoms. The molecule has 8 nitrogen and oxygen atoms in total. The minimum atomic E-state index is -4.12. The first-order valence-corrected chi connectivity index (χ1v) is 16.7. The lowest BCUT2D eigenvalue weighted by Gasteiger charge is -2.33. The summed E-state index contributed by atoms with van der Waals surface area (Å²) in [5, 5.41) is 2.99. The number of aryl methyl sites for hydroxylation is 1. The van der Waals surface area contributed by atoms with Crippen LogP contribution < -0.4 is 14.4 Å². The zero-order valence-electron chi connectivity index (χ0n) is 25.2. The number of rotatable bonds is 14. The average molecular weight is 612 g/mol. The van der Waals surface area contributed by atoms with Crippen molar-refractivity contribution in [2.75, 3.05) is 24.2 Å². The van der Waals surface area contributed by atoms with Crippen molar-refractivity contribution in [3.05, 3.63) is 83.9 Å². The summed E-state index contributed by atoms with van der Waals surface area (Å²) < 4.78 is 34.4. The fraction of sp³-hybridized carbons (Fsp3) is 0.375. The summed E-state index contributed by atoms with van der Waals surface area (Å²) >= 11 is 1.51. The minimum Gasteiger partial charge on any atom is -0.497 e. The molecule has 2 amide bonds. The number of carbonyl (C=O) groups excluding carboxylic acids is 2. The smallest absolute Gasteiger partial charge is 0.264 e. The van der Waals surface area contributed by atoms with Gasteiger partial charge in [-0.1, -0.05) is 43.7 Å². The maximum Gasteiger partial charge on any atom is 0.264 e. The fourth-order valence-corrected chi connectivity index (χ4v) is 6.23. The molecule has 0 aliphatic rings. The van der Waals surface area contributed by atoms with Crippen LogP contribution in [0, 0.1) is 6.92 Å². The highest BCUT2D eigenvalue weighted by Gasteiger charge is 2.34. The van der Waals surface area contributed by atoms with E-state index < -0.39 is 28.5 Å². The Bertz CT molecular complexity index is 1430. The van der Waals surface area contributed by atoms with Crippen LogP contribution in [-0.2, 0) is 26.2 Å². The van der Waals surface area contributed by atoms with Gasteiger partial charge in [-0.2, -0.15) is 0 Å². The molecule has 3 aromatic carbocycles. The van der Waals surface area contributed by atoms with Crippen molar-refractivity contribution < 1.29 is 22.7 Å².